The zero-order valence-corrected chi connectivity index (χ0v) is 22.7. The number of rotatable bonds is 12. The molecule has 7 heteroatoms. The van der Waals surface area contributed by atoms with Crippen LogP contribution in [0.1, 0.15) is 41.5 Å². The van der Waals surface area contributed by atoms with Gasteiger partial charge in [-0.2, -0.15) is 0 Å². The van der Waals surface area contributed by atoms with E-state index in [1.807, 2.05) is 107 Å². The zero-order valence-electron chi connectivity index (χ0n) is 22.7. The van der Waals surface area contributed by atoms with Gasteiger partial charge in [-0.1, -0.05) is 101 Å². The van der Waals surface area contributed by atoms with Crippen molar-refractivity contribution in [2.45, 2.75) is 53.6 Å². The number of hydrogen-bond donors (Lipinski definition) is 2. The average molecular weight is 509 g/mol. The van der Waals surface area contributed by atoms with E-state index in [1.165, 1.54) is 6.08 Å². The van der Waals surface area contributed by atoms with Gasteiger partial charge in [0.2, 0.25) is 0 Å². The van der Waals surface area contributed by atoms with Crippen LogP contribution in [0.2, 0.25) is 0 Å². The van der Waals surface area contributed by atoms with Crippen molar-refractivity contribution in [2.24, 2.45) is 0 Å². The fourth-order valence-electron chi connectivity index (χ4n) is 3.06. The zero-order chi connectivity index (χ0) is 27.6. The Morgan fingerprint density at radius 1 is 0.730 bits per heavy atom. The topological polar surface area (TPSA) is 88.1 Å². The van der Waals surface area contributed by atoms with Crippen molar-refractivity contribution in [3.63, 3.8) is 0 Å². The van der Waals surface area contributed by atoms with Gasteiger partial charge in [-0.05, 0) is 41.5 Å². The lowest BCUT2D eigenvalue weighted by Crippen LogP contribution is -2.56. The highest BCUT2D eigenvalue weighted by molar-refractivity contribution is 5.82. The summed E-state index contributed by atoms with van der Waals surface area (Å²) in [5, 5.41) is 10.5. The molecule has 0 aliphatic carbocycles. The molecule has 2 N–H and O–H groups in total. The van der Waals surface area contributed by atoms with E-state index in [4.69, 9.17) is 14.7 Å². The lowest BCUT2D eigenvalue weighted by Gasteiger charge is -2.37. The van der Waals surface area contributed by atoms with E-state index in [9.17, 15) is 9.59 Å². The molecule has 1 heterocycles. The van der Waals surface area contributed by atoms with Crippen molar-refractivity contribution >= 4 is 11.9 Å². The van der Waals surface area contributed by atoms with Crippen molar-refractivity contribution < 1.29 is 24.3 Å². The van der Waals surface area contributed by atoms with Crippen molar-refractivity contribution in [1.82, 2.24) is 10.6 Å². The number of carbonyl (C=O) groups is 2. The van der Waals surface area contributed by atoms with Gasteiger partial charge in [0.15, 0.2) is 0 Å². The Morgan fingerprint density at radius 2 is 1.16 bits per heavy atom. The largest absolute Gasteiger partial charge is 0.478 e. The third kappa shape index (κ3) is 15.3. The Bertz CT molecular complexity index is 1030. The number of carboxylic acid groups (broad SMARTS) is 1. The molecule has 2 atom stereocenters. The van der Waals surface area contributed by atoms with Crippen LogP contribution in [0.4, 0.5) is 0 Å². The minimum atomic E-state index is -0.960. The number of allylic oxidation sites excluding steroid dienone is 16. The molecular formula is C30H40N2O5. The summed E-state index contributed by atoms with van der Waals surface area (Å²) in [6, 6.07) is 0.228. The van der Waals surface area contributed by atoms with Crippen LogP contribution in [-0.2, 0) is 19.2 Å². The van der Waals surface area contributed by atoms with Crippen molar-refractivity contribution in [2.75, 3.05) is 13.2 Å². The summed E-state index contributed by atoms with van der Waals surface area (Å²) in [7, 11) is 0. The van der Waals surface area contributed by atoms with E-state index in [2.05, 4.69) is 5.59 Å². The molecule has 1 aliphatic rings. The summed E-state index contributed by atoms with van der Waals surface area (Å²) in [6.45, 7) is 12.9. The molecule has 1 saturated heterocycles. The predicted molar refractivity (Wildman–Crippen MR) is 149 cm³/mol. The molecule has 1 aliphatic heterocycles. The number of carbonyl (C=O) groups excluding carboxylic acids is 1. The van der Waals surface area contributed by atoms with Crippen LogP contribution < -0.4 is 5.59 Å². The third-order valence-electron chi connectivity index (χ3n) is 5.16. The van der Waals surface area contributed by atoms with Gasteiger partial charge in [-0.25, -0.2) is 14.6 Å². The van der Waals surface area contributed by atoms with Gasteiger partial charge in [0.1, 0.15) is 0 Å². The monoisotopic (exact) mass is 508 g/mol. The molecule has 2 unspecified atom stereocenters. The number of morpholine rings is 1. The normalized spacial score (nSPS) is 21.4. The highest BCUT2D eigenvalue weighted by Crippen LogP contribution is 2.10. The Hall–Kier alpha value is -3.52. The Morgan fingerprint density at radius 3 is 1.65 bits per heavy atom. The molecule has 0 aromatic rings. The first-order valence-electron chi connectivity index (χ1n) is 12.2. The van der Waals surface area contributed by atoms with Crippen molar-refractivity contribution in [3.8, 4) is 0 Å². The lowest BCUT2D eigenvalue weighted by molar-refractivity contribution is -0.180. The Balaban J connectivity index is 2.49. The van der Waals surface area contributed by atoms with E-state index in [1.54, 1.807) is 12.2 Å². The van der Waals surface area contributed by atoms with Gasteiger partial charge in [0.05, 0.1) is 13.2 Å². The molecule has 0 radical (unpaired) electrons. The second-order valence-corrected chi connectivity index (χ2v) is 8.91. The molecule has 0 bridgehead atoms. The molecular weight excluding hydrogens is 468 g/mol. The maximum Gasteiger partial charge on any atom is 0.350 e. The highest BCUT2D eigenvalue weighted by Gasteiger charge is 2.26. The summed E-state index contributed by atoms with van der Waals surface area (Å²) in [6.07, 6.45) is 25.2. The number of hydrogen-bond acceptors (Lipinski definition) is 6. The van der Waals surface area contributed by atoms with Gasteiger partial charge in [0.25, 0.3) is 0 Å². The van der Waals surface area contributed by atoms with Crippen LogP contribution in [0.15, 0.2) is 107 Å². The number of nitrogens with one attached hydrogen (secondary N) is 1. The van der Waals surface area contributed by atoms with Crippen molar-refractivity contribution in [3.05, 3.63) is 107 Å². The Kier molecular flexibility index (Phi) is 15.2. The molecule has 1 rings (SSSR count). The van der Waals surface area contributed by atoms with Crippen molar-refractivity contribution in [1.29, 1.82) is 0 Å². The number of ether oxygens (including phenoxy) is 1. The minimum absolute atomic E-state index is 0.114. The summed E-state index contributed by atoms with van der Waals surface area (Å²) in [5.74, 6) is -1.43. The number of aliphatic carboxylic acids is 1. The lowest BCUT2D eigenvalue weighted by atomic mass is 10.2. The fraction of sp³-hybridized carbons (Fsp3) is 0.333. The molecule has 7 nitrogen and oxygen atoms in total. The highest BCUT2D eigenvalue weighted by atomic mass is 16.7. The van der Waals surface area contributed by atoms with Crippen LogP contribution >= 0.6 is 0 Å². The van der Waals surface area contributed by atoms with Crippen LogP contribution in [0.3, 0.4) is 0 Å². The summed E-state index contributed by atoms with van der Waals surface area (Å²) in [4.78, 5) is 27.6. The predicted octanol–water partition coefficient (Wildman–Crippen LogP) is 5.71. The van der Waals surface area contributed by atoms with E-state index < -0.39 is 11.9 Å². The summed E-state index contributed by atoms with van der Waals surface area (Å²) < 4.78 is 5.45. The van der Waals surface area contributed by atoms with Gasteiger partial charge in [-0.15, -0.1) is 0 Å². The number of hydrazine groups is 1. The van der Waals surface area contributed by atoms with E-state index in [0.29, 0.717) is 13.2 Å². The standard InChI is InChI=1S/C30H40N2O5/c1-23(13-9-15-25(3)17-19-29(33)34)11-7-8-12-24(2)14-10-16-26(4)18-20-30(35)37-31-32-27(5)21-36-22-28(32)6/h7-20,27-28,31H,21-22H2,1-6H3,(H,33,34)/b8-7+,13-9+,14-10+,19-17+,20-18+,23-11+,24-12+,25-15-,26-16+. The summed E-state index contributed by atoms with van der Waals surface area (Å²) >= 11 is 0. The molecule has 0 spiro atoms. The molecule has 37 heavy (non-hydrogen) atoms. The van der Waals surface area contributed by atoms with Crippen LogP contribution in [0.25, 0.3) is 0 Å². The number of carboxylic acids is 1. The van der Waals surface area contributed by atoms with Crippen LogP contribution in [0.5, 0.6) is 0 Å². The molecule has 200 valence electrons. The second-order valence-electron chi connectivity index (χ2n) is 8.91. The second kappa shape index (κ2) is 17.8. The van der Waals surface area contributed by atoms with E-state index in [-0.39, 0.29) is 12.1 Å². The molecule has 0 amide bonds. The molecule has 0 aromatic heterocycles. The maximum absolute atomic E-state index is 12.0. The fourth-order valence-corrected chi connectivity index (χ4v) is 3.06. The van der Waals surface area contributed by atoms with Crippen LogP contribution in [-0.4, -0.2) is 47.4 Å². The minimum Gasteiger partial charge on any atom is -0.478 e. The van der Waals surface area contributed by atoms with Gasteiger partial charge >= 0.3 is 11.9 Å². The number of nitrogens with zero attached hydrogens (tertiary/aromatic N) is 1. The van der Waals surface area contributed by atoms with Gasteiger partial charge in [-0.3, -0.25) is 0 Å². The first-order chi connectivity index (χ1) is 17.6. The first kappa shape index (κ1) is 31.5. The van der Waals surface area contributed by atoms with Crippen LogP contribution in [0, 0.1) is 0 Å². The summed E-state index contributed by atoms with van der Waals surface area (Å²) in [5.41, 5.74) is 6.65. The average Bonchev–Trinajstić information content (AvgIpc) is 2.83. The quantitative estimate of drug-likeness (QED) is 0.198. The molecule has 1 fully saturated rings. The van der Waals surface area contributed by atoms with Gasteiger partial charge < -0.3 is 14.7 Å². The molecule has 0 aromatic carbocycles. The van der Waals surface area contributed by atoms with E-state index >= 15 is 0 Å². The van der Waals surface area contributed by atoms with Gasteiger partial charge in [0, 0.05) is 24.2 Å². The van der Waals surface area contributed by atoms with E-state index in [0.717, 1.165) is 28.4 Å². The molecule has 0 saturated carbocycles. The maximum atomic E-state index is 12.0. The first-order valence-corrected chi connectivity index (χ1v) is 12.2. The SMILES string of the molecule is CC(=C/C=C/C(C)=C/C=C/C=C(C)/C=C/C=C(C)/C=C/C(=O)ONN1C(C)COCC1C)/C=C/C(=O)O. The Labute approximate surface area is 221 Å². The third-order valence-corrected chi connectivity index (χ3v) is 5.16. The smallest absolute Gasteiger partial charge is 0.350 e.